The van der Waals surface area contributed by atoms with Crippen LogP contribution in [0.5, 0.6) is 0 Å². The monoisotopic (exact) mass is 1510 g/mol. The van der Waals surface area contributed by atoms with Gasteiger partial charge in [-0.05, 0) is 116 Å². The molecule has 0 aliphatic rings. The van der Waals surface area contributed by atoms with E-state index in [4.69, 9.17) is 37.0 Å². The Morgan fingerprint density at radius 3 is 0.817 bits per heavy atom. The van der Waals surface area contributed by atoms with E-state index in [1.165, 1.54) is 161 Å². The first-order valence-corrected chi connectivity index (χ1v) is 44.8. The van der Waals surface area contributed by atoms with Gasteiger partial charge in [0, 0.05) is 25.7 Å². The Bertz CT molecular complexity index is 2300. The average Bonchev–Trinajstić information content (AvgIpc) is 0.943. The third-order valence-electron chi connectivity index (χ3n) is 17.8. The number of hydrogen-bond acceptors (Lipinski definition) is 15. The maximum Gasteiger partial charge on any atom is 0.472 e. The summed E-state index contributed by atoms with van der Waals surface area (Å²) in [6, 6.07) is 0. The smallest absolute Gasteiger partial charge is 0.462 e. The first-order chi connectivity index (χ1) is 50.7. The van der Waals surface area contributed by atoms with E-state index in [2.05, 4.69) is 94.5 Å². The number of carbonyl (C=O) groups is 4. The molecule has 0 fully saturated rings. The first kappa shape index (κ1) is 100. The fraction of sp³-hybridized carbons (Fsp3) is 0.788. The molecule has 0 saturated heterocycles. The van der Waals surface area contributed by atoms with Gasteiger partial charge in [-0.25, -0.2) is 9.13 Å². The van der Waals surface area contributed by atoms with Crippen molar-refractivity contribution in [1.29, 1.82) is 0 Å². The number of carbonyl (C=O) groups excluding carboxylic acids is 4. The van der Waals surface area contributed by atoms with E-state index in [0.717, 1.165) is 128 Å². The number of phosphoric ester groups is 2. The molecule has 0 saturated carbocycles. The van der Waals surface area contributed by atoms with Gasteiger partial charge in [0.2, 0.25) is 0 Å². The Labute approximate surface area is 634 Å². The van der Waals surface area contributed by atoms with E-state index in [-0.39, 0.29) is 25.7 Å². The number of allylic oxidation sites excluding steroid dienone is 14. The molecule has 0 aromatic heterocycles. The number of phosphoric acid groups is 2. The predicted octanol–water partition coefficient (Wildman–Crippen LogP) is 24.6. The summed E-state index contributed by atoms with van der Waals surface area (Å²) in [6.07, 6.45) is 81.3. The van der Waals surface area contributed by atoms with Crippen LogP contribution in [0.15, 0.2) is 85.1 Å². The van der Waals surface area contributed by atoms with Crippen LogP contribution < -0.4 is 0 Å². The van der Waals surface area contributed by atoms with Gasteiger partial charge in [0.1, 0.15) is 19.3 Å². The summed E-state index contributed by atoms with van der Waals surface area (Å²) < 4.78 is 68.6. The number of hydrogen-bond donors (Lipinski definition) is 3. The van der Waals surface area contributed by atoms with Crippen LogP contribution in [0.4, 0.5) is 0 Å². The van der Waals surface area contributed by atoms with Crippen LogP contribution >= 0.6 is 15.6 Å². The Morgan fingerprint density at radius 1 is 0.269 bits per heavy atom. The predicted molar refractivity (Wildman–Crippen MR) is 427 cm³/mol. The largest absolute Gasteiger partial charge is 0.472 e. The van der Waals surface area contributed by atoms with Crippen molar-refractivity contribution in [3.63, 3.8) is 0 Å². The second kappa shape index (κ2) is 77.4. The zero-order chi connectivity index (χ0) is 76.0. The fourth-order valence-corrected chi connectivity index (χ4v) is 13.0. The number of unbranched alkanes of at least 4 members (excludes halogenated alkanes) is 39. The van der Waals surface area contributed by atoms with E-state index in [1.54, 1.807) is 0 Å². The third-order valence-corrected chi connectivity index (χ3v) is 19.7. The lowest BCUT2D eigenvalue weighted by Crippen LogP contribution is -2.30. The molecule has 604 valence electrons. The van der Waals surface area contributed by atoms with Gasteiger partial charge in [-0.1, -0.05) is 318 Å². The van der Waals surface area contributed by atoms with Crippen molar-refractivity contribution in [3.8, 4) is 0 Å². The number of aliphatic hydroxyl groups excluding tert-OH is 1. The Hall–Kier alpha value is -3.76. The molecule has 0 aromatic rings. The number of aliphatic hydroxyl groups is 1. The van der Waals surface area contributed by atoms with Crippen LogP contribution in [-0.4, -0.2) is 96.7 Å². The fourth-order valence-electron chi connectivity index (χ4n) is 11.4. The SMILES string of the molecule is CCCCC/C=C\C/C=C\C/C=C\C/C=C\C/C=C\CCC(=O)O[C@H](COC(=O)CCCCCCCCC/C=C\CCCCCC)COP(=O)(O)OC[C@H](O)COP(=O)(O)OC[C@@H](COC(=O)CCCCCCC/C=C\CCCCCCCC)OC(=O)CCCCCCCCCCCCCCCCC. The van der Waals surface area contributed by atoms with Crippen LogP contribution in [-0.2, 0) is 65.4 Å². The summed E-state index contributed by atoms with van der Waals surface area (Å²) in [5.74, 6) is -2.26. The highest BCUT2D eigenvalue weighted by Crippen LogP contribution is 2.45. The highest BCUT2D eigenvalue weighted by Gasteiger charge is 2.30. The normalized spacial score (nSPS) is 14.3. The Morgan fingerprint density at radius 2 is 0.490 bits per heavy atom. The van der Waals surface area contributed by atoms with E-state index in [1.807, 2.05) is 18.2 Å². The molecule has 5 atom stereocenters. The maximum atomic E-state index is 13.1. The summed E-state index contributed by atoms with van der Waals surface area (Å²) in [5.41, 5.74) is 0. The Kier molecular flexibility index (Phi) is 74.6. The molecule has 3 N–H and O–H groups in total. The minimum atomic E-state index is -5.00. The third kappa shape index (κ3) is 76.4. The molecule has 0 aromatic carbocycles. The standard InChI is InChI=1S/C85H152O17P2/c1-5-9-13-17-21-25-29-33-37-38-39-40-44-48-52-56-60-64-68-72-85(90)102-81(76-96-83(88)70-66-62-58-54-50-46-42-35-31-27-23-19-15-11-7-3)78-100-104(93,94)98-74-79(86)73-97-103(91,92)99-77-80(101-84(89)71-67-63-59-55-51-47-43-36-32-28-24-20-16-12-8-4)75-95-82(87)69-65-61-57-53-49-45-41-34-30-26-22-18-14-10-6-2/h21,25,27,31,33-34,37,39-41,48,52,60,64,79-81,86H,5-20,22-24,26,28-30,32,35-36,38,42-47,49-51,53-59,61-63,65-78H2,1-4H3,(H,91,92)(H,93,94)/b25-21-,31-27-,37-33-,40-39-,41-34-,52-48-,64-60-/t79-,80-,81-/m1/s1. The summed E-state index contributed by atoms with van der Waals surface area (Å²) in [4.78, 5) is 73.1. The molecule has 0 spiro atoms. The summed E-state index contributed by atoms with van der Waals surface area (Å²) in [6.45, 7) is 4.81. The minimum Gasteiger partial charge on any atom is -0.462 e. The number of ether oxygens (including phenoxy) is 4. The van der Waals surface area contributed by atoms with E-state index < -0.39 is 97.5 Å². The lowest BCUT2D eigenvalue weighted by molar-refractivity contribution is -0.161. The highest BCUT2D eigenvalue weighted by atomic mass is 31.2. The van der Waals surface area contributed by atoms with Crippen LogP contribution in [0.3, 0.4) is 0 Å². The van der Waals surface area contributed by atoms with Crippen molar-refractivity contribution in [2.45, 2.75) is 393 Å². The van der Waals surface area contributed by atoms with Gasteiger partial charge in [0.05, 0.1) is 26.4 Å². The van der Waals surface area contributed by atoms with Crippen LogP contribution in [0.25, 0.3) is 0 Å². The average molecular weight is 1510 g/mol. The van der Waals surface area contributed by atoms with Crippen LogP contribution in [0, 0.1) is 0 Å². The Balaban J connectivity index is 5.41. The number of rotatable bonds is 79. The van der Waals surface area contributed by atoms with Gasteiger partial charge in [-0.2, -0.15) is 0 Å². The summed E-state index contributed by atoms with van der Waals surface area (Å²) >= 11 is 0. The molecular formula is C85H152O17P2. The zero-order valence-electron chi connectivity index (χ0n) is 66.2. The molecule has 0 heterocycles. The van der Waals surface area contributed by atoms with Gasteiger partial charge in [0.25, 0.3) is 0 Å². The van der Waals surface area contributed by atoms with Gasteiger partial charge in [0.15, 0.2) is 12.2 Å². The molecule has 17 nitrogen and oxygen atoms in total. The van der Waals surface area contributed by atoms with Gasteiger partial charge < -0.3 is 33.8 Å². The molecule has 104 heavy (non-hydrogen) atoms. The first-order valence-electron chi connectivity index (χ1n) is 41.8. The molecule has 0 aliphatic carbocycles. The van der Waals surface area contributed by atoms with Crippen molar-refractivity contribution in [1.82, 2.24) is 0 Å². The lowest BCUT2D eigenvalue weighted by atomic mass is 10.0. The molecule has 0 amide bonds. The second-order valence-electron chi connectivity index (χ2n) is 28.1. The zero-order valence-corrected chi connectivity index (χ0v) is 68.0. The van der Waals surface area contributed by atoms with Crippen molar-refractivity contribution < 1.29 is 80.2 Å². The molecule has 2 unspecified atom stereocenters. The maximum absolute atomic E-state index is 13.1. The minimum absolute atomic E-state index is 0.0274. The van der Waals surface area contributed by atoms with Gasteiger partial charge in [-0.3, -0.25) is 37.3 Å². The number of esters is 4. The second-order valence-corrected chi connectivity index (χ2v) is 31.0. The van der Waals surface area contributed by atoms with Crippen molar-refractivity contribution in [3.05, 3.63) is 85.1 Å². The topological polar surface area (TPSA) is 237 Å². The van der Waals surface area contributed by atoms with Gasteiger partial charge in [-0.15, -0.1) is 0 Å². The molecule has 0 aliphatic heterocycles. The highest BCUT2D eigenvalue weighted by molar-refractivity contribution is 7.47. The quantitative estimate of drug-likeness (QED) is 0.0169. The molecule has 19 heteroatoms. The van der Waals surface area contributed by atoms with Gasteiger partial charge >= 0.3 is 39.5 Å². The molecule has 0 bridgehead atoms. The van der Waals surface area contributed by atoms with Crippen molar-refractivity contribution in [2.24, 2.45) is 0 Å². The lowest BCUT2D eigenvalue weighted by Gasteiger charge is -2.21. The van der Waals surface area contributed by atoms with E-state index >= 15 is 0 Å². The molecule has 0 rings (SSSR count). The van der Waals surface area contributed by atoms with Crippen molar-refractivity contribution in [2.75, 3.05) is 39.6 Å². The summed E-state index contributed by atoms with van der Waals surface area (Å²) in [5, 5.41) is 10.7. The van der Waals surface area contributed by atoms with Crippen LogP contribution in [0.2, 0.25) is 0 Å². The van der Waals surface area contributed by atoms with E-state index in [0.29, 0.717) is 32.1 Å². The van der Waals surface area contributed by atoms with Crippen molar-refractivity contribution >= 4 is 39.5 Å². The van der Waals surface area contributed by atoms with Crippen LogP contribution in [0.1, 0.15) is 374 Å². The van der Waals surface area contributed by atoms with E-state index in [9.17, 15) is 43.2 Å². The summed E-state index contributed by atoms with van der Waals surface area (Å²) in [7, 11) is -9.98. The molecule has 0 radical (unpaired) electrons. The molecular weight excluding hydrogens is 1350 g/mol.